The molecular weight excluding hydrogens is 241 g/mol. The third-order valence-electron chi connectivity index (χ3n) is 2.37. The van der Waals surface area contributed by atoms with Gasteiger partial charge in [-0.05, 0) is 12.1 Å². The van der Waals surface area contributed by atoms with Crippen LogP contribution in [0.5, 0.6) is 11.5 Å². The highest BCUT2D eigenvalue weighted by Crippen LogP contribution is 2.35. The van der Waals surface area contributed by atoms with Crippen LogP contribution in [-0.4, -0.2) is 24.4 Å². The van der Waals surface area contributed by atoms with E-state index in [0.29, 0.717) is 0 Å². The first-order valence-electron chi connectivity index (χ1n) is 5.14. The monoisotopic (exact) mass is 253 g/mol. The molecule has 0 saturated carbocycles. The smallest absolute Gasteiger partial charge is 0.240 e. The molecule has 7 heteroatoms. The number of hydrogen-bond acceptors (Lipinski definition) is 6. The Morgan fingerprint density at radius 3 is 2.50 bits per heavy atom. The lowest BCUT2D eigenvalue weighted by atomic mass is 10.1. The fourth-order valence-corrected chi connectivity index (χ4v) is 1.51. The standard InChI is InChI=1S/C11H12FN3O3/c1-16-6-3-4-7(17-2)10(12)9(6)11-14-8(5-13)18-15-11/h3-4H,5,13H2,1-2H3. The van der Waals surface area contributed by atoms with E-state index in [1.165, 1.54) is 20.3 Å². The zero-order valence-electron chi connectivity index (χ0n) is 9.94. The molecule has 0 aliphatic rings. The van der Waals surface area contributed by atoms with Crippen LogP contribution in [0.4, 0.5) is 4.39 Å². The molecule has 1 aromatic carbocycles. The van der Waals surface area contributed by atoms with Gasteiger partial charge in [-0.15, -0.1) is 0 Å². The van der Waals surface area contributed by atoms with E-state index < -0.39 is 5.82 Å². The lowest BCUT2D eigenvalue weighted by Crippen LogP contribution is -1.98. The van der Waals surface area contributed by atoms with E-state index >= 15 is 0 Å². The van der Waals surface area contributed by atoms with Crippen molar-refractivity contribution in [2.75, 3.05) is 14.2 Å². The van der Waals surface area contributed by atoms with Gasteiger partial charge in [-0.3, -0.25) is 0 Å². The highest BCUT2D eigenvalue weighted by Gasteiger charge is 2.21. The van der Waals surface area contributed by atoms with Crippen molar-refractivity contribution in [2.24, 2.45) is 5.73 Å². The van der Waals surface area contributed by atoms with Crippen LogP contribution in [0, 0.1) is 5.82 Å². The first-order valence-corrected chi connectivity index (χ1v) is 5.14. The van der Waals surface area contributed by atoms with Gasteiger partial charge in [0.05, 0.1) is 20.8 Å². The van der Waals surface area contributed by atoms with Crippen LogP contribution in [0.25, 0.3) is 11.4 Å². The summed E-state index contributed by atoms with van der Waals surface area (Å²) in [6.45, 7) is 0.0842. The van der Waals surface area contributed by atoms with Crippen LogP contribution in [0.1, 0.15) is 5.89 Å². The normalized spacial score (nSPS) is 10.4. The second kappa shape index (κ2) is 5.01. The molecule has 1 aromatic heterocycles. The molecule has 6 nitrogen and oxygen atoms in total. The van der Waals surface area contributed by atoms with E-state index in [0.717, 1.165) is 0 Å². The maximum Gasteiger partial charge on any atom is 0.240 e. The predicted octanol–water partition coefficient (Wildman–Crippen LogP) is 1.35. The maximum atomic E-state index is 14.2. The van der Waals surface area contributed by atoms with Crippen molar-refractivity contribution >= 4 is 0 Å². The van der Waals surface area contributed by atoms with E-state index in [4.69, 9.17) is 19.7 Å². The molecule has 0 atom stereocenters. The van der Waals surface area contributed by atoms with Crippen molar-refractivity contribution in [3.05, 3.63) is 23.8 Å². The van der Waals surface area contributed by atoms with Crippen LogP contribution >= 0.6 is 0 Å². The van der Waals surface area contributed by atoms with E-state index in [9.17, 15) is 4.39 Å². The summed E-state index contributed by atoms with van der Waals surface area (Å²) < 4.78 is 29.0. The molecule has 0 unspecified atom stereocenters. The molecule has 0 radical (unpaired) electrons. The van der Waals surface area contributed by atoms with Gasteiger partial charge in [0.15, 0.2) is 11.6 Å². The Labute approximate surface area is 103 Å². The van der Waals surface area contributed by atoms with Crippen LogP contribution in [0.2, 0.25) is 0 Å². The molecule has 96 valence electrons. The minimum atomic E-state index is -0.610. The Balaban J connectivity index is 2.59. The minimum absolute atomic E-state index is 0.0729. The molecular formula is C11H12FN3O3. The van der Waals surface area contributed by atoms with Crippen molar-refractivity contribution in [1.29, 1.82) is 0 Å². The van der Waals surface area contributed by atoms with Gasteiger partial charge in [0.25, 0.3) is 0 Å². The van der Waals surface area contributed by atoms with Gasteiger partial charge >= 0.3 is 0 Å². The zero-order valence-corrected chi connectivity index (χ0v) is 9.94. The maximum absolute atomic E-state index is 14.2. The van der Waals surface area contributed by atoms with Crippen LogP contribution in [0.15, 0.2) is 16.7 Å². The summed E-state index contributed by atoms with van der Waals surface area (Å²) in [5.74, 6) is 0.0433. The average Bonchev–Trinajstić information content (AvgIpc) is 2.86. The first-order chi connectivity index (χ1) is 8.71. The highest BCUT2D eigenvalue weighted by molar-refractivity contribution is 5.67. The summed E-state index contributed by atoms with van der Waals surface area (Å²) in [7, 11) is 2.80. The molecule has 1 heterocycles. The lowest BCUT2D eigenvalue weighted by molar-refractivity contribution is 0.373. The van der Waals surface area contributed by atoms with Crippen molar-refractivity contribution in [3.8, 4) is 22.9 Å². The summed E-state index contributed by atoms with van der Waals surface area (Å²) in [4.78, 5) is 3.97. The Kier molecular flexibility index (Phi) is 3.42. The van der Waals surface area contributed by atoms with Gasteiger partial charge in [-0.2, -0.15) is 4.98 Å². The van der Waals surface area contributed by atoms with E-state index in [1.807, 2.05) is 0 Å². The fraction of sp³-hybridized carbons (Fsp3) is 0.273. The van der Waals surface area contributed by atoms with E-state index in [1.54, 1.807) is 6.07 Å². The Morgan fingerprint density at radius 1 is 1.28 bits per heavy atom. The molecule has 0 fully saturated rings. The van der Waals surface area contributed by atoms with Crippen molar-refractivity contribution in [1.82, 2.24) is 10.1 Å². The largest absolute Gasteiger partial charge is 0.496 e. The van der Waals surface area contributed by atoms with Gasteiger partial charge in [0.2, 0.25) is 11.7 Å². The average molecular weight is 253 g/mol. The molecule has 2 rings (SSSR count). The van der Waals surface area contributed by atoms with Crippen molar-refractivity contribution in [2.45, 2.75) is 6.54 Å². The van der Waals surface area contributed by atoms with Crippen LogP contribution in [-0.2, 0) is 6.54 Å². The number of methoxy groups -OCH3 is 2. The Bertz CT molecular complexity index is 556. The number of halogens is 1. The van der Waals surface area contributed by atoms with Gasteiger partial charge in [-0.1, -0.05) is 5.16 Å². The molecule has 2 N–H and O–H groups in total. The molecule has 0 aliphatic heterocycles. The van der Waals surface area contributed by atoms with Gasteiger partial charge < -0.3 is 19.7 Å². The number of hydrogen-bond donors (Lipinski definition) is 1. The number of ether oxygens (including phenoxy) is 2. The van der Waals surface area contributed by atoms with Crippen molar-refractivity contribution in [3.63, 3.8) is 0 Å². The number of nitrogens with zero attached hydrogens (tertiary/aromatic N) is 2. The summed E-state index contributed by atoms with van der Waals surface area (Å²) >= 11 is 0. The van der Waals surface area contributed by atoms with E-state index in [2.05, 4.69) is 10.1 Å². The first kappa shape index (κ1) is 12.3. The van der Waals surface area contributed by atoms with Crippen LogP contribution in [0.3, 0.4) is 0 Å². The second-order valence-corrected chi connectivity index (χ2v) is 3.37. The predicted molar refractivity (Wildman–Crippen MR) is 60.7 cm³/mol. The third kappa shape index (κ3) is 2.00. The summed E-state index contributed by atoms with van der Waals surface area (Å²) in [5, 5.41) is 3.66. The van der Waals surface area contributed by atoms with Gasteiger partial charge in [0.1, 0.15) is 11.3 Å². The van der Waals surface area contributed by atoms with Gasteiger partial charge in [0, 0.05) is 0 Å². The number of aromatic nitrogens is 2. The zero-order chi connectivity index (χ0) is 13.1. The van der Waals surface area contributed by atoms with Crippen LogP contribution < -0.4 is 15.2 Å². The Hall–Kier alpha value is -2.15. The SMILES string of the molecule is COc1ccc(OC)c(-c2noc(CN)n2)c1F. The lowest BCUT2D eigenvalue weighted by Gasteiger charge is -2.09. The van der Waals surface area contributed by atoms with Crippen molar-refractivity contribution < 1.29 is 18.4 Å². The number of nitrogens with two attached hydrogens (primary N) is 1. The molecule has 18 heavy (non-hydrogen) atoms. The molecule has 2 aromatic rings. The third-order valence-corrected chi connectivity index (χ3v) is 2.37. The number of benzene rings is 1. The molecule has 0 bridgehead atoms. The minimum Gasteiger partial charge on any atom is -0.496 e. The second-order valence-electron chi connectivity index (χ2n) is 3.37. The summed E-state index contributed by atoms with van der Waals surface area (Å²) in [6, 6.07) is 3.03. The van der Waals surface area contributed by atoms with E-state index in [-0.39, 0.29) is 35.3 Å². The molecule has 0 saturated heterocycles. The molecule has 0 spiro atoms. The van der Waals surface area contributed by atoms with Gasteiger partial charge in [-0.25, -0.2) is 4.39 Å². The summed E-state index contributed by atoms with van der Waals surface area (Å²) in [5.41, 5.74) is 5.44. The topological polar surface area (TPSA) is 83.4 Å². The quantitative estimate of drug-likeness (QED) is 0.885. The Morgan fingerprint density at radius 2 is 1.94 bits per heavy atom. The summed E-state index contributed by atoms with van der Waals surface area (Å²) in [6.07, 6.45) is 0. The molecule has 0 amide bonds. The number of rotatable bonds is 4. The fourth-order valence-electron chi connectivity index (χ4n) is 1.51. The highest BCUT2D eigenvalue weighted by atomic mass is 19.1. The molecule has 0 aliphatic carbocycles.